The Balaban J connectivity index is 1.26. The molecule has 0 aliphatic heterocycles. The SMILES string of the molecule is COc1cc2c(Oc3ccc(NC(=O)Cn4cc(C(C)C)nn4)cc3)ncnc2cc1OCc1ccccc1. The van der Waals surface area contributed by atoms with E-state index < -0.39 is 0 Å². The van der Waals surface area contributed by atoms with Gasteiger partial charge in [-0.15, -0.1) is 5.10 Å². The van der Waals surface area contributed by atoms with Crippen LogP contribution >= 0.6 is 0 Å². The van der Waals surface area contributed by atoms with Crippen molar-refractivity contribution in [2.45, 2.75) is 32.9 Å². The number of rotatable bonds is 10. The Hall–Kier alpha value is -4.99. The Labute approximate surface area is 225 Å². The summed E-state index contributed by atoms with van der Waals surface area (Å²) in [6.45, 7) is 4.52. The van der Waals surface area contributed by atoms with Crippen molar-refractivity contribution in [3.8, 4) is 23.1 Å². The summed E-state index contributed by atoms with van der Waals surface area (Å²) in [7, 11) is 1.58. The van der Waals surface area contributed by atoms with Gasteiger partial charge in [-0.05, 0) is 41.8 Å². The minimum absolute atomic E-state index is 0.0732. The van der Waals surface area contributed by atoms with Crippen LogP contribution in [0.15, 0.2) is 79.3 Å². The summed E-state index contributed by atoms with van der Waals surface area (Å²) >= 11 is 0. The lowest BCUT2D eigenvalue weighted by Gasteiger charge is -2.13. The van der Waals surface area contributed by atoms with Crippen molar-refractivity contribution in [1.82, 2.24) is 25.0 Å². The van der Waals surface area contributed by atoms with Gasteiger partial charge in [-0.3, -0.25) is 4.79 Å². The molecule has 0 atom stereocenters. The minimum atomic E-state index is -0.206. The van der Waals surface area contributed by atoms with E-state index in [4.69, 9.17) is 14.2 Å². The third-order valence-corrected chi connectivity index (χ3v) is 5.93. The number of carbonyl (C=O) groups is 1. The smallest absolute Gasteiger partial charge is 0.246 e. The van der Waals surface area contributed by atoms with Gasteiger partial charge in [-0.2, -0.15) is 0 Å². The number of nitrogens with one attached hydrogen (secondary N) is 1. The van der Waals surface area contributed by atoms with Crippen molar-refractivity contribution in [3.05, 3.63) is 90.5 Å². The highest BCUT2D eigenvalue weighted by Crippen LogP contribution is 2.36. The van der Waals surface area contributed by atoms with Gasteiger partial charge in [0.2, 0.25) is 11.8 Å². The Kier molecular flexibility index (Phi) is 7.63. The third-order valence-electron chi connectivity index (χ3n) is 5.93. The maximum Gasteiger partial charge on any atom is 0.246 e. The summed E-state index contributed by atoms with van der Waals surface area (Å²) in [4.78, 5) is 21.1. The van der Waals surface area contributed by atoms with Gasteiger partial charge in [0.25, 0.3) is 0 Å². The number of carbonyl (C=O) groups excluding carboxylic acids is 1. The molecular formula is C29H28N6O4. The molecule has 0 fully saturated rings. The number of benzene rings is 3. The van der Waals surface area contributed by atoms with E-state index in [0.717, 1.165) is 11.3 Å². The number of methoxy groups -OCH3 is 1. The van der Waals surface area contributed by atoms with E-state index in [1.165, 1.54) is 11.0 Å². The fourth-order valence-electron chi connectivity index (χ4n) is 3.85. The number of hydrogen-bond donors (Lipinski definition) is 1. The Morgan fingerprint density at radius 2 is 1.79 bits per heavy atom. The van der Waals surface area contributed by atoms with Crippen LogP contribution in [0.2, 0.25) is 0 Å². The zero-order valence-electron chi connectivity index (χ0n) is 21.9. The highest BCUT2D eigenvalue weighted by molar-refractivity contribution is 5.90. The molecular weight excluding hydrogens is 496 g/mol. The van der Waals surface area contributed by atoms with Crippen LogP contribution in [0, 0.1) is 0 Å². The van der Waals surface area contributed by atoms with Crippen molar-refractivity contribution >= 4 is 22.5 Å². The van der Waals surface area contributed by atoms with Gasteiger partial charge >= 0.3 is 0 Å². The van der Waals surface area contributed by atoms with E-state index in [9.17, 15) is 4.79 Å². The Morgan fingerprint density at radius 3 is 2.51 bits per heavy atom. The highest BCUT2D eigenvalue weighted by atomic mass is 16.5. The maximum absolute atomic E-state index is 12.4. The largest absolute Gasteiger partial charge is 0.493 e. The first-order valence-electron chi connectivity index (χ1n) is 12.5. The number of ether oxygens (including phenoxy) is 3. The van der Waals surface area contributed by atoms with Gasteiger partial charge in [0.05, 0.1) is 23.7 Å². The molecule has 5 aromatic rings. The molecule has 39 heavy (non-hydrogen) atoms. The molecule has 198 valence electrons. The fraction of sp³-hybridized carbons (Fsp3) is 0.207. The zero-order valence-corrected chi connectivity index (χ0v) is 21.9. The summed E-state index contributed by atoms with van der Waals surface area (Å²) in [6.07, 6.45) is 3.22. The minimum Gasteiger partial charge on any atom is -0.493 e. The van der Waals surface area contributed by atoms with Gasteiger partial charge in [0, 0.05) is 18.0 Å². The van der Waals surface area contributed by atoms with Crippen LogP contribution in [-0.2, 0) is 17.9 Å². The van der Waals surface area contributed by atoms with Crippen LogP contribution in [0.4, 0.5) is 5.69 Å². The summed E-state index contributed by atoms with van der Waals surface area (Å²) in [6, 6.07) is 20.5. The summed E-state index contributed by atoms with van der Waals surface area (Å²) < 4.78 is 19.2. The molecule has 1 N–H and O–H groups in total. The molecule has 0 saturated carbocycles. The molecule has 3 aromatic carbocycles. The molecule has 0 spiro atoms. The van der Waals surface area contributed by atoms with Crippen LogP contribution < -0.4 is 19.5 Å². The summed E-state index contributed by atoms with van der Waals surface area (Å²) in [5, 5.41) is 11.6. The number of anilines is 1. The molecule has 2 aromatic heterocycles. The second-order valence-corrected chi connectivity index (χ2v) is 9.14. The highest BCUT2D eigenvalue weighted by Gasteiger charge is 2.14. The first-order valence-corrected chi connectivity index (χ1v) is 12.5. The van der Waals surface area contributed by atoms with Crippen molar-refractivity contribution in [3.63, 3.8) is 0 Å². The number of fused-ring (bicyclic) bond motifs is 1. The molecule has 0 saturated heterocycles. The topological polar surface area (TPSA) is 113 Å². The van der Waals surface area contributed by atoms with E-state index in [0.29, 0.717) is 46.3 Å². The second-order valence-electron chi connectivity index (χ2n) is 9.14. The predicted octanol–water partition coefficient (Wildman–Crippen LogP) is 5.36. The standard InChI is InChI=1S/C29H28N6O4/c1-19(2)25-15-35(34-33-25)16-28(36)32-21-9-11-22(12-10-21)39-29-23-13-26(37-3)27(14-24(23)30-18-31-29)38-17-20-7-5-4-6-8-20/h4-15,18-19H,16-17H2,1-3H3,(H,32,36). The van der Waals surface area contributed by atoms with Crippen molar-refractivity contribution in [2.24, 2.45) is 0 Å². The van der Waals surface area contributed by atoms with Crippen LogP contribution in [0.5, 0.6) is 23.1 Å². The first-order chi connectivity index (χ1) is 19.0. The van der Waals surface area contributed by atoms with Crippen LogP contribution in [-0.4, -0.2) is 38.0 Å². The van der Waals surface area contributed by atoms with Crippen molar-refractivity contribution < 1.29 is 19.0 Å². The van der Waals surface area contributed by atoms with Gasteiger partial charge in [0.15, 0.2) is 11.5 Å². The molecule has 0 bridgehead atoms. The van der Waals surface area contributed by atoms with Gasteiger partial charge in [0.1, 0.15) is 25.2 Å². The lowest BCUT2D eigenvalue weighted by atomic mass is 10.2. The zero-order chi connectivity index (χ0) is 27.2. The van der Waals surface area contributed by atoms with Crippen LogP contribution in [0.25, 0.3) is 10.9 Å². The van der Waals surface area contributed by atoms with Gasteiger partial charge < -0.3 is 19.5 Å². The summed E-state index contributed by atoms with van der Waals surface area (Å²) in [5.41, 5.74) is 3.17. The molecule has 0 aliphatic rings. The lowest BCUT2D eigenvalue weighted by molar-refractivity contribution is -0.116. The van der Waals surface area contributed by atoms with E-state index >= 15 is 0 Å². The number of nitrogens with zero attached hydrogens (tertiary/aromatic N) is 5. The Morgan fingerprint density at radius 1 is 1.00 bits per heavy atom. The molecule has 0 unspecified atom stereocenters. The number of aromatic nitrogens is 5. The first kappa shape index (κ1) is 25.7. The van der Waals surface area contributed by atoms with Gasteiger partial charge in [-0.25, -0.2) is 14.6 Å². The predicted molar refractivity (Wildman–Crippen MR) is 146 cm³/mol. The molecule has 10 nitrogen and oxygen atoms in total. The van der Waals surface area contributed by atoms with Crippen LogP contribution in [0.3, 0.4) is 0 Å². The van der Waals surface area contributed by atoms with E-state index in [1.807, 2.05) is 50.2 Å². The number of amides is 1. The molecule has 0 aliphatic carbocycles. The third kappa shape index (κ3) is 6.30. The van der Waals surface area contributed by atoms with Crippen LogP contribution in [0.1, 0.15) is 31.0 Å². The normalized spacial score (nSPS) is 11.0. The van der Waals surface area contributed by atoms with Gasteiger partial charge in [-0.1, -0.05) is 49.4 Å². The number of hydrogen-bond acceptors (Lipinski definition) is 8. The van der Waals surface area contributed by atoms with E-state index in [2.05, 4.69) is 25.6 Å². The second kappa shape index (κ2) is 11.6. The fourth-order valence-corrected chi connectivity index (χ4v) is 3.85. The lowest BCUT2D eigenvalue weighted by Crippen LogP contribution is -2.19. The van der Waals surface area contributed by atoms with E-state index in [1.54, 1.807) is 43.6 Å². The average Bonchev–Trinajstić information content (AvgIpc) is 3.42. The summed E-state index contributed by atoms with van der Waals surface area (Å²) in [5.74, 6) is 2.08. The van der Waals surface area contributed by atoms with Crippen molar-refractivity contribution in [1.29, 1.82) is 0 Å². The molecule has 2 heterocycles. The average molecular weight is 525 g/mol. The monoisotopic (exact) mass is 524 g/mol. The molecule has 1 amide bonds. The molecule has 10 heteroatoms. The van der Waals surface area contributed by atoms with E-state index in [-0.39, 0.29) is 18.4 Å². The quantitative estimate of drug-likeness (QED) is 0.260. The molecule has 5 rings (SSSR count). The Bertz CT molecular complexity index is 1570. The maximum atomic E-state index is 12.4. The molecule has 0 radical (unpaired) electrons. The van der Waals surface area contributed by atoms with Crippen molar-refractivity contribution in [2.75, 3.05) is 12.4 Å².